The van der Waals surface area contributed by atoms with Gasteiger partial charge < -0.3 is 20.7 Å². The fraction of sp³-hybridized carbons (Fsp3) is 0.455. The monoisotopic (exact) mass is 269 g/mol. The molecular weight excluding hydrogens is 254 g/mol. The molecule has 0 aliphatic carbocycles. The van der Waals surface area contributed by atoms with E-state index < -0.39 is 23.8 Å². The van der Waals surface area contributed by atoms with Gasteiger partial charge in [-0.05, 0) is 6.42 Å². The number of rotatable bonds is 7. The van der Waals surface area contributed by atoms with Crippen LogP contribution in [0.15, 0.2) is 10.7 Å². The molecule has 0 fully saturated rings. The predicted molar refractivity (Wildman–Crippen MR) is 63.2 cm³/mol. The molecule has 0 saturated heterocycles. The normalized spacial score (nSPS) is 11.8. The van der Waals surface area contributed by atoms with Crippen molar-refractivity contribution in [3.05, 3.63) is 17.5 Å². The first kappa shape index (κ1) is 14.7. The fourth-order valence-corrected chi connectivity index (χ4v) is 1.48. The molecule has 0 spiro atoms. The number of primary amides is 1. The zero-order valence-electron chi connectivity index (χ0n) is 10.4. The van der Waals surface area contributed by atoms with Crippen LogP contribution in [0.3, 0.4) is 0 Å². The van der Waals surface area contributed by atoms with Gasteiger partial charge in [-0.2, -0.15) is 0 Å². The number of carboxylic acid groups (broad SMARTS) is 1. The van der Waals surface area contributed by atoms with Crippen LogP contribution in [-0.4, -0.2) is 34.1 Å². The van der Waals surface area contributed by atoms with Crippen molar-refractivity contribution in [3.8, 4) is 0 Å². The van der Waals surface area contributed by atoms with Crippen molar-refractivity contribution >= 4 is 17.8 Å². The lowest BCUT2D eigenvalue weighted by Gasteiger charge is -2.13. The van der Waals surface area contributed by atoms with Crippen LogP contribution in [0.1, 0.15) is 35.9 Å². The molecule has 2 amide bonds. The van der Waals surface area contributed by atoms with E-state index in [1.807, 2.05) is 0 Å². The highest BCUT2D eigenvalue weighted by molar-refractivity contribution is 5.97. The molecular formula is C11H15N3O5. The lowest BCUT2D eigenvalue weighted by Crippen LogP contribution is -2.41. The van der Waals surface area contributed by atoms with E-state index in [9.17, 15) is 14.4 Å². The SMILES string of the molecule is CCc1oncc1C(=O)N[C@@H](CCC(N)=O)C(=O)O. The molecule has 0 unspecified atom stereocenters. The molecule has 1 atom stereocenters. The Kier molecular flexibility index (Phi) is 5.04. The lowest BCUT2D eigenvalue weighted by atomic mass is 10.1. The molecule has 0 radical (unpaired) electrons. The Balaban J connectivity index is 2.71. The molecule has 1 heterocycles. The predicted octanol–water partition coefficient (Wildman–Crippen LogP) is -0.314. The molecule has 1 aromatic heterocycles. The maximum absolute atomic E-state index is 11.9. The molecule has 0 bridgehead atoms. The molecule has 8 nitrogen and oxygen atoms in total. The Hall–Kier alpha value is -2.38. The summed E-state index contributed by atoms with van der Waals surface area (Å²) in [6.07, 6.45) is 1.49. The van der Waals surface area contributed by atoms with E-state index in [0.29, 0.717) is 12.2 Å². The Morgan fingerprint density at radius 3 is 2.74 bits per heavy atom. The van der Waals surface area contributed by atoms with E-state index in [0.717, 1.165) is 0 Å². The van der Waals surface area contributed by atoms with Crippen molar-refractivity contribution in [1.29, 1.82) is 0 Å². The van der Waals surface area contributed by atoms with Crippen molar-refractivity contribution in [2.45, 2.75) is 32.2 Å². The summed E-state index contributed by atoms with van der Waals surface area (Å²) in [6, 6.07) is -1.18. The number of aliphatic carboxylic acids is 1. The van der Waals surface area contributed by atoms with Crippen LogP contribution in [0.4, 0.5) is 0 Å². The van der Waals surface area contributed by atoms with E-state index >= 15 is 0 Å². The van der Waals surface area contributed by atoms with Gasteiger partial charge in [0.15, 0.2) is 0 Å². The molecule has 1 rings (SSSR count). The third kappa shape index (κ3) is 4.09. The van der Waals surface area contributed by atoms with Gasteiger partial charge in [-0.3, -0.25) is 9.59 Å². The number of amides is 2. The lowest BCUT2D eigenvalue weighted by molar-refractivity contribution is -0.139. The molecule has 0 aromatic carbocycles. The summed E-state index contributed by atoms with van der Waals surface area (Å²) < 4.78 is 4.84. The van der Waals surface area contributed by atoms with Crippen molar-refractivity contribution < 1.29 is 24.0 Å². The molecule has 0 aliphatic rings. The summed E-state index contributed by atoms with van der Waals surface area (Å²) in [5.74, 6) is -2.09. The Morgan fingerprint density at radius 1 is 1.53 bits per heavy atom. The smallest absolute Gasteiger partial charge is 0.326 e. The van der Waals surface area contributed by atoms with Gasteiger partial charge in [0.05, 0.1) is 6.20 Å². The molecule has 19 heavy (non-hydrogen) atoms. The van der Waals surface area contributed by atoms with Gasteiger partial charge in [0.25, 0.3) is 5.91 Å². The van der Waals surface area contributed by atoms with E-state index in [1.54, 1.807) is 6.92 Å². The number of hydrogen-bond donors (Lipinski definition) is 3. The van der Waals surface area contributed by atoms with E-state index in [1.165, 1.54) is 6.20 Å². The van der Waals surface area contributed by atoms with E-state index in [4.69, 9.17) is 15.4 Å². The number of nitrogens with one attached hydrogen (secondary N) is 1. The maximum atomic E-state index is 11.9. The first-order valence-corrected chi connectivity index (χ1v) is 5.71. The Bertz CT molecular complexity index is 482. The summed E-state index contributed by atoms with van der Waals surface area (Å²) in [5.41, 5.74) is 5.13. The average Bonchev–Trinajstić information content (AvgIpc) is 2.81. The van der Waals surface area contributed by atoms with Crippen LogP contribution in [0.5, 0.6) is 0 Å². The minimum Gasteiger partial charge on any atom is -0.480 e. The molecule has 0 saturated carbocycles. The zero-order valence-corrected chi connectivity index (χ0v) is 10.4. The highest BCUT2D eigenvalue weighted by Gasteiger charge is 2.23. The van der Waals surface area contributed by atoms with Crippen LogP contribution in [0, 0.1) is 0 Å². The van der Waals surface area contributed by atoms with Gasteiger partial charge in [0, 0.05) is 12.8 Å². The number of aromatic nitrogens is 1. The Labute approximate surface area is 108 Å². The van der Waals surface area contributed by atoms with E-state index in [2.05, 4.69) is 10.5 Å². The van der Waals surface area contributed by atoms with Gasteiger partial charge in [-0.15, -0.1) is 0 Å². The Morgan fingerprint density at radius 2 is 2.21 bits per heavy atom. The molecule has 0 aliphatic heterocycles. The average molecular weight is 269 g/mol. The third-order valence-electron chi connectivity index (χ3n) is 2.49. The van der Waals surface area contributed by atoms with Crippen molar-refractivity contribution in [2.75, 3.05) is 0 Å². The second-order valence-corrected chi connectivity index (χ2v) is 3.89. The first-order valence-electron chi connectivity index (χ1n) is 5.71. The summed E-state index contributed by atoms with van der Waals surface area (Å²) >= 11 is 0. The number of hydrogen-bond acceptors (Lipinski definition) is 5. The summed E-state index contributed by atoms with van der Waals surface area (Å²) in [6.45, 7) is 1.78. The minimum atomic E-state index is -1.23. The van der Waals surface area contributed by atoms with Crippen LogP contribution >= 0.6 is 0 Å². The van der Waals surface area contributed by atoms with Crippen molar-refractivity contribution in [1.82, 2.24) is 10.5 Å². The van der Waals surface area contributed by atoms with E-state index in [-0.39, 0.29) is 18.4 Å². The summed E-state index contributed by atoms with van der Waals surface area (Å²) in [4.78, 5) is 33.5. The second-order valence-electron chi connectivity index (χ2n) is 3.89. The number of carbonyl (C=O) groups is 3. The highest BCUT2D eigenvalue weighted by atomic mass is 16.5. The van der Waals surface area contributed by atoms with Crippen LogP contribution in [0.25, 0.3) is 0 Å². The summed E-state index contributed by atoms with van der Waals surface area (Å²) in [5, 5.41) is 14.7. The maximum Gasteiger partial charge on any atom is 0.326 e. The fourth-order valence-electron chi connectivity index (χ4n) is 1.48. The second kappa shape index (κ2) is 6.53. The molecule has 104 valence electrons. The van der Waals surface area contributed by atoms with Gasteiger partial charge in [0.1, 0.15) is 17.4 Å². The minimum absolute atomic E-state index is 0.0663. The number of nitrogens with zero attached hydrogens (tertiary/aromatic N) is 1. The number of nitrogens with two attached hydrogens (primary N) is 1. The van der Waals surface area contributed by atoms with Gasteiger partial charge in [-0.1, -0.05) is 12.1 Å². The number of carboxylic acids is 1. The quantitative estimate of drug-likeness (QED) is 0.621. The largest absolute Gasteiger partial charge is 0.480 e. The number of carbonyl (C=O) groups excluding carboxylic acids is 2. The van der Waals surface area contributed by atoms with Crippen LogP contribution < -0.4 is 11.1 Å². The molecule has 4 N–H and O–H groups in total. The molecule has 1 aromatic rings. The van der Waals surface area contributed by atoms with Crippen LogP contribution in [0.2, 0.25) is 0 Å². The van der Waals surface area contributed by atoms with Gasteiger partial charge >= 0.3 is 5.97 Å². The van der Waals surface area contributed by atoms with Gasteiger partial charge in [-0.25, -0.2) is 4.79 Å². The topological polar surface area (TPSA) is 136 Å². The van der Waals surface area contributed by atoms with Crippen LogP contribution in [-0.2, 0) is 16.0 Å². The molecule has 8 heteroatoms. The third-order valence-corrected chi connectivity index (χ3v) is 2.49. The number of aryl methyl sites for hydroxylation is 1. The van der Waals surface area contributed by atoms with Crippen molar-refractivity contribution in [2.24, 2.45) is 5.73 Å². The highest BCUT2D eigenvalue weighted by Crippen LogP contribution is 2.09. The van der Waals surface area contributed by atoms with Crippen molar-refractivity contribution in [3.63, 3.8) is 0 Å². The zero-order chi connectivity index (χ0) is 14.4. The summed E-state index contributed by atoms with van der Waals surface area (Å²) in [7, 11) is 0. The standard InChI is InChI=1S/C11H15N3O5/c1-2-8-6(5-13-19-8)10(16)14-7(11(17)18)3-4-9(12)15/h5,7H,2-4H2,1H3,(H2,12,15)(H,14,16)(H,17,18)/t7-/m0/s1. The van der Waals surface area contributed by atoms with Gasteiger partial charge in [0.2, 0.25) is 5.91 Å². The first-order chi connectivity index (χ1) is 8.95.